The molecular formula is C26H30N2O3S2. The highest BCUT2D eigenvalue weighted by atomic mass is 32.2. The van der Waals surface area contributed by atoms with Gasteiger partial charge in [-0.05, 0) is 67.0 Å². The van der Waals surface area contributed by atoms with Gasteiger partial charge in [-0.1, -0.05) is 54.6 Å². The van der Waals surface area contributed by atoms with E-state index in [9.17, 15) is 13.2 Å². The summed E-state index contributed by atoms with van der Waals surface area (Å²) >= 11 is 1.69. The lowest BCUT2D eigenvalue weighted by Crippen LogP contribution is -2.27. The van der Waals surface area contributed by atoms with Crippen LogP contribution in [0.25, 0.3) is 0 Å². The first-order chi connectivity index (χ1) is 15.9. The minimum absolute atomic E-state index is 0.0317. The second-order valence-corrected chi connectivity index (χ2v) is 10.5. The van der Waals surface area contributed by atoms with Gasteiger partial charge in [0.2, 0.25) is 15.9 Å². The van der Waals surface area contributed by atoms with Crippen LogP contribution in [-0.4, -0.2) is 27.1 Å². The molecule has 0 aromatic heterocycles. The molecule has 3 aromatic carbocycles. The molecule has 0 spiro atoms. The molecular weight excluding hydrogens is 452 g/mol. The molecule has 174 valence electrons. The maximum atomic E-state index is 12.5. The van der Waals surface area contributed by atoms with Crippen molar-refractivity contribution in [2.24, 2.45) is 0 Å². The number of amides is 1. The van der Waals surface area contributed by atoms with Crippen LogP contribution in [0.5, 0.6) is 0 Å². The molecule has 0 bridgehead atoms. The van der Waals surface area contributed by atoms with Gasteiger partial charge >= 0.3 is 0 Å². The Bertz CT molecular complexity index is 1130. The largest absolute Gasteiger partial charge is 0.350 e. The molecule has 7 heteroatoms. The lowest BCUT2D eigenvalue weighted by molar-refractivity contribution is -0.121. The Morgan fingerprint density at radius 3 is 2.15 bits per heavy atom. The topological polar surface area (TPSA) is 75.3 Å². The summed E-state index contributed by atoms with van der Waals surface area (Å²) in [5.41, 5.74) is 3.07. The molecule has 0 aliphatic rings. The van der Waals surface area contributed by atoms with Gasteiger partial charge in [0.25, 0.3) is 0 Å². The Kier molecular flexibility index (Phi) is 9.11. The SMILES string of the molecule is CSc1ccc([C@H](C)NC(=O)CCc2ccc(S(=O)(=O)NCCc3ccccc3)cc2)cc1. The molecule has 0 aliphatic heterocycles. The maximum absolute atomic E-state index is 12.5. The highest BCUT2D eigenvalue weighted by molar-refractivity contribution is 7.98. The zero-order valence-corrected chi connectivity index (χ0v) is 20.6. The predicted molar refractivity (Wildman–Crippen MR) is 135 cm³/mol. The number of carbonyl (C=O) groups is 1. The van der Waals surface area contributed by atoms with E-state index in [1.54, 1.807) is 36.0 Å². The number of aryl methyl sites for hydroxylation is 1. The van der Waals surface area contributed by atoms with E-state index < -0.39 is 10.0 Å². The molecule has 3 aromatic rings. The van der Waals surface area contributed by atoms with E-state index in [-0.39, 0.29) is 16.8 Å². The molecule has 0 heterocycles. The zero-order valence-electron chi connectivity index (χ0n) is 19.0. The number of benzene rings is 3. The summed E-state index contributed by atoms with van der Waals surface area (Å²) in [6.07, 6.45) is 3.55. The van der Waals surface area contributed by atoms with Crippen LogP contribution in [0.3, 0.4) is 0 Å². The average Bonchev–Trinajstić information content (AvgIpc) is 2.83. The summed E-state index contributed by atoms with van der Waals surface area (Å²) < 4.78 is 27.7. The van der Waals surface area contributed by atoms with E-state index in [1.165, 1.54) is 4.90 Å². The van der Waals surface area contributed by atoms with Gasteiger partial charge in [0.05, 0.1) is 10.9 Å². The first-order valence-corrected chi connectivity index (χ1v) is 13.6. The van der Waals surface area contributed by atoms with Gasteiger partial charge in [0.15, 0.2) is 0 Å². The van der Waals surface area contributed by atoms with Gasteiger partial charge in [-0.3, -0.25) is 4.79 Å². The van der Waals surface area contributed by atoms with E-state index in [4.69, 9.17) is 0 Å². The molecule has 0 saturated carbocycles. The number of rotatable bonds is 11. The first kappa shape index (κ1) is 25.0. The van der Waals surface area contributed by atoms with Crippen molar-refractivity contribution in [2.45, 2.75) is 42.0 Å². The average molecular weight is 483 g/mol. The van der Waals surface area contributed by atoms with Crippen LogP contribution in [0.15, 0.2) is 88.7 Å². The third kappa shape index (κ3) is 7.74. The summed E-state index contributed by atoms with van der Waals surface area (Å²) in [7, 11) is -3.56. The minimum atomic E-state index is -3.56. The van der Waals surface area contributed by atoms with E-state index in [0.29, 0.717) is 25.8 Å². The molecule has 33 heavy (non-hydrogen) atoms. The third-order valence-corrected chi connectivity index (χ3v) is 7.64. The van der Waals surface area contributed by atoms with Crippen LogP contribution < -0.4 is 10.0 Å². The van der Waals surface area contributed by atoms with E-state index >= 15 is 0 Å². The lowest BCUT2D eigenvalue weighted by Gasteiger charge is -2.15. The monoisotopic (exact) mass is 482 g/mol. The zero-order chi connectivity index (χ0) is 23.7. The maximum Gasteiger partial charge on any atom is 0.240 e. The summed E-state index contributed by atoms with van der Waals surface area (Å²) in [4.78, 5) is 13.8. The molecule has 1 atom stereocenters. The van der Waals surface area contributed by atoms with Gasteiger partial charge in [-0.15, -0.1) is 11.8 Å². The van der Waals surface area contributed by atoms with Gasteiger partial charge in [0.1, 0.15) is 0 Å². The normalized spacial score (nSPS) is 12.3. The first-order valence-electron chi connectivity index (χ1n) is 10.9. The fourth-order valence-corrected chi connectivity index (χ4v) is 4.88. The lowest BCUT2D eigenvalue weighted by atomic mass is 10.1. The van der Waals surface area contributed by atoms with Gasteiger partial charge < -0.3 is 5.32 Å². The van der Waals surface area contributed by atoms with Crippen molar-refractivity contribution in [3.63, 3.8) is 0 Å². The van der Waals surface area contributed by atoms with Gasteiger partial charge in [-0.2, -0.15) is 0 Å². The van der Waals surface area contributed by atoms with Crippen molar-refractivity contribution in [1.29, 1.82) is 0 Å². The van der Waals surface area contributed by atoms with Crippen LogP contribution in [-0.2, 0) is 27.7 Å². The van der Waals surface area contributed by atoms with E-state index in [2.05, 4.69) is 22.2 Å². The molecule has 2 N–H and O–H groups in total. The van der Waals surface area contributed by atoms with Crippen molar-refractivity contribution < 1.29 is 13.2 Å². The predicted octanol–water partition coefficient (Wildman–Crippen LogP) is 4.74. The van der Waals surface area contributed by atoms with Crippen molar-refractivity contribution in [1.82, 2.24) is 10.0 Å². The molecule has 1 amide bonds. The number of thioether (sulfide) groups is 1. The summed E-state index contributed by atoms with van der Waals surface area (Å²) in [5, 5.41) is 3.02. The highest BCUT2D eigenvalue weighted by Gasteiger charge is 2.14. The molecule has 0 saturated heterocycles. The van der Waals surface area contributed by atoms with Crippen molar-refractivity contribution in [2.75, 3.05) is 12.8 Å². The van der Waals surface area contributed by atoms with Crippen LogP contribution in [0.1, 0.15) is 36.1 Å². The standard InChI is InChI=1S/C26H30N2O3S2/c1-20(23-11-13-24(32-2)14-12-23)28-26(29)17-10-22-8-15-25(16-9-22)33(30,31)27-19-18-21-6-4-3-5-7-21/h3-9,11-16,20,27H,10,17-19H2,1-2H3,(H,28,29)/t20-/m0/s1. The van der Waals surface area contributed by atoms with Crippen molar-refractivity contribution in [3.8, 4) is 0 Å². The molecule has 0 radical (unpaired) electrons. The smallest absolute Gasteiger partial charge is 0.240 e. The Balaban J connectivity index is 1.46. The second kappa shape index (κ2) is 12.0. The third-order valence-electron chi connectivity index (χ3n) is 5.42. The number of nitrogens with one attached hydrogen (secondary N) is 2. The Labute approximate surface area is 201 Å². The second-order valence-electron chi connectivity index (χ2n) is 7.84. The summed E-state index contributed by atoms with van der Waals surface area (Å²) in [6, 6.07) is 24.6. The Morgan fingerprint density at radius 1 is 0.879 bits per heavy atom. The van der Waals surface area contributed by atoms with Crippen LogP contribution in [0, 0.1) is 0 Å². The molecule has 0 aliphatic carbocycles. The molecule has 0 fully saturated rings. The quantitative estimate of drug-likeness (QED) is 0.387. The molecule has 5 nitrogen and oxygen atoms in total. The fraction of sp³-hybridized carbons (Fsp3) is 0.269. The Hall–Kier alpha value is -2.61. The van der Waals surface area contributed by atoms with E-state index in [0.717, 1.165) is 16.7 Å². The highest BCUT2D eigenvalue weighted by Crippen LogP contribution is 2.19. The van der Waals surface area contributed by atoms with Crippen LogP contribution >= 0.6 is 11.8 Å². The van der Waals surface area contributed by atoms with Gasteiger partial charge in [0, 0.05) is 17.9 Å². The summed E-state index contributed by atoms with van der Waals surface area (Å²) in [6.45, 7) is 2.31. The molecule has 0 unspecified atom stereocenters. The number of hydrogen-bond acceptors (Lipinski definition) is 4. The number of carbonyl (C=O) groups excluding carboxylic acids is 1. The van der Waals surface area contributed by atoms with Crippen molar-refractivity contribution in [3.05, 3.63) is 95.6 Å². The van der Waals surface area contributed by atoms with E-state index in [1.807, 2.05) is 55.6 Å². The Morgan fingerprint density at radius 2 is 1.52 bits per heavy atom. The molecule has 3 rings (SSSR count). The minimum Gasteiger partial charge on any atom is -0.350 e. The van der Waals surface area contributed by atoms with Crippen LogP contribution in [0.2, 0.25) is 0 Å². The fourth-order valence-electron chi connectivity index (χ4n) is 3.44. The number of hydrogen-bond donors (Lipinski definition) is 2. The number of sulfonamides is 1. The van der Waals surface area contributed by atoms with Gasteiger partial charge in [-0.25, -0.2) is 13.1 Å². The summed E-state index contributed by atoms with van der Waals surface area (Å²) in [5.74, 6) is -0.0317. The van der Waals surface area contributed by atoms with Crippen LogP contribution in [0.4, 0.5) is 0 Å². The van der Waals surface area contributed by atoms with Crippen molar-refractivity contribution >= 4 is 27.7 Å².